The van der Waals surface area contributed by atoms with Crippen molar-refractivity contribution in [2.24, 2.45) is 11.8 Å². The molecule has 0 aliphatic carbocycles. The van der Waals surface area contributed by atoms with Gasteiger partial charge < -0.3 is 14.2 Å². The van der Waals surface area contributed by atoms with Crippen molar-refractivity contribution in [1.29, 1.82) is 0 Å². The molecule has 0 atom stereocenters. The molecule has 0 N–H and O–H groups in total. The minimum atomic E-state index is -0.160. The van der Waals surface area contributed by atoms with Crippen molar-refractivity contribution in [1.82, 2.24) is 19.9 Å². The number of carbonyl (C=O) groups is 2. The van der Waals surface area contributed by atoms with Gasteiger partial charge in [-0.2, -0.15) is 4.98 Å². The van der Waals surface area contributed by atoms with E-state index in [2.05, 4.69) is 15.0 Å². The van der Waals surface area contributed by atoms with Crippen LogP contribution in [0, 0.1) is 11.8 Å². The Morgan fingerprint density at radius 2 is 1.70 bits per heavy atom. The highest BCUT2D eigenvalue weighted by Gasteiger charge is 2.33. The van der Waals surface area contributed by atoms with Crippen LogP contribution in [0.1, 0.15) is 31.6 Å². The van der Waals surface area contributed by atoms with Crippen molar-refractivity contribution in [2.45, 2.75) is 32.2 Å². The predicted octanol–water partition coefficient (Wildman–Crippen LogP) is 2.36. The van der Waals surface area contributed by atoms with Gasteiger partial charge in [0.05, 0.1) is 19.6 Å². The molecule has 1 aromatic heterocycles. The van der Waals surface area contributed by atoms with E-state index >= 15 is 0 Å². The summed E-state index contributed by atoms with van der Waals surface area (Å²) in [6.45, 7) is 3.55. The van der Waals surface area contributed by atoms with Gasteiger partial charge in [0.1, 0.15) is 0 Å². The van der Waals surface area contributed by atoms with Gasteiger partial charge in [0.15, 0.2) is 0 Å². The molecule has 0 radical (unpaired) electrons. The fourth-order valence-corrected chi connectivity index (χ4v) is 4.31. The molecule has 1 aromatic carbocycles. The van der Waals surface area contributed by atoms with Gasteiger partial charge in [-0.3, -0.25) is 14.5 Å². The Balaban J connectivity index is 1.24. The highest BCUT2D eigenvalue weighted by atomic mass is 16.5. The molecule has 2 aromatic rings. The normalized spacial score (nSPS) is 19.0. The average molecular weight is 412 g/mol. The zero-order valence-corrected chi connectivity index (χ0v) is 17.3. The van der Waals surface area contributed by atoms with Crippen molar-refractivity contribution in [3.05, 3.63) is 36.2 Å². The first kappa shape index (κ1) is 20.5. The van der Waals surface area contributed by atoms with Gasteiger partial charge in [0, 0.05) is 24.6 Å². The monoisotopic (exact) mass is 412 g/mol. The van der Waals surface area contributed by atoms with Crippen LogP contribution in [-0.4, -0.2) is 65.1 Å². The first-order chi connectivity index (χ1) is 14.6. The Kier molecular flexibility index (Phi) is 6.42. The summed E-state index contributed by atoms with van der Waals surface area (Å²) in [6, 6.07) is 9.77. The number of rotatable bonds is 5. The molecule has 0 saturated carbocycles. The molecule has 0 bridgehead atoms. The summed E-state index contributed by atoms with van der Waals surface area (Å²) in [4.78, 5) is 33.2. The van der Waals surface area contributed by atoms with E-state index in [1.807, 2.05) is 35.2 Å². The molecule has 0 spiro atoms. The maximum Gasteiger partial charge on any atom is 0.308 e. The van der Waals surface area contributed by atoms with Crippen LogP contribution in [0.25, 0.3) is 11.4 Å². The topological polar surface area (TPSA) is 88.8 Å². The van der Waals surface area contributed by atoms with E-state index in [0.717, 1.165) is 31.5 Å². The van der Waals surface area contributed by atoms with E-state index in [1.54, 1.807) is 0 Å². The number of methoxy groups -OCH3 is 1. The molecule has 4 rings (SSSR count). The third kappa shape index (κ3) is 4.70. The van der Waals surface area contributed by atoms with E-state index in [0.29, 0.717) is 44.2 Å². The highest BCUT2D eigenvalue weighted by Crippen LogP contribution is 2.25. The standard InChI is InChI=1S/C22H28N4O4/c1-29-22(28)18-9-13-26(14-10-18)21(27)17-7-11-25(12-8-17)15-19-23-20(24-30-19)16-5-3-2-4-6-16/h2-6,17-18H,7-15H2,1H3. The van der Waals surface area contributed by atoms with Crippen LogP contribution >= 0.6 is 0 Å². The Bertz CT molecular complexity index is 853. The Morgan fingerprint density at radius 1 is 1.03 bits per heavy atom. The molecule has 2 fully saturated rings. The summed E-state index contributed by atoms with van der Waals surface area (Å²) >= 11 is 0. The van der Waals surface area contributed by atoms with Crippen LogP contribution in [0.15, 0.2) is 34.9 Å². The molecule has 160 valence electrons. The second-order valence-electron chi connectivity index (χ2n) is 8.05. The van der Waals surface area contributed by atoms with Crippen molar-refractivity contribution in [2.75, 3.05) is 33.3 Å². The number of amides is 1. The lowest BCUT2D eigenvalue weighted by Crippen LogP contribution is -2.46. The van der Waals surface area contributed by atoms with E-state index in [9.17, 15) is 9.59 Å². The number of benzene rings is 1. The minimum Gasteiger partial charge on any atom is -0.469 e. The van der Waals surface area contributed by atoms with E-state index in [1.165, 1.54) is 7.11 Å². The molecule has 0 unspecified atom stereocenters. The van der Waals surface area contributed by atoms with Gasteiger partial charge in [-0.25, -0.2) is 0 Å². The molecular weight excluding hydrogens is 384 g/mol. The van der Waals surface area contributed by atoms with Crippen LogP contribution in [0.3, 0.4) is 0 Å². The van der Waals surface area contributed by atoms with Crippen LogP contribution in [0.2, 0.25) is 0 Å². The van der Waals surface area contributed by atoms with Gasteiger partial charge in [0.2, 0.25) is 17.6 Å². The van der Waals surface area contributed by atoms with Crippen LogP contribution < -0.4 is 0 Å². The maximum atomic E-state index is 12.9. The number of hydrogen-bond donors (Lipinski definition) is 0. The van der Waals surface area contributed by atoms with Crippen molar-refractivity contribution in [3.8, 4) is 11.4 Å². The molecule has 2 aliphatic heterocycles. The number of nitrogens with zero attached hydrogens (tertiary/aromatic N) is 4. The summed E-state index contributed by atoms with van der Waals surface area (Å²) in [7, 11) is 1.42. The quantitative estimate of drug-likeness (QED) is 0.697. The highest BCUT2D eigenvalue weighted by molar-refractivity contribution is 5.79. The summed E-state index contributed by atoms with van der Waals surface area (Å²) in [6.07, 6.45) is 3.04. The first-order valence-electron chi connectivity index (χ1n) is 10.6. The first-order valence-corrected chi connectivity index (χ1v) is 10.6. The SMILES string of the molecule is COC(=O)C1CCN(C(=O)C2CCN(Cc3nc(-c4ccccc4)no3)CC2)CC1. The van der Waals surface area contributed by atoms with Crippen LogP contribution in [0.5, 0.6) is 0 Å². The Morgan fingerprint density at radius 3 is 2.37 bits per heavy atom. The number of esters is 1. The number of aromatic nitrogens is 2. The fraction of sp³-hybridized carbons (Fsp3) is 0.545. The Labute approximate surface area is 176 Å². The van der Waals surface area contributed by atoms with Gasteiger partial charge in [-0.15, -0.1) is 0 Å². The molecule has 1 amide bonds. The molecule has 3 heterocycles. The molecular formula is C22H28N4O4. The lowest BCUT2D eigenvalue weighted by atomic mass is 9.92. The van der Waals surface area contributed by atoms with Gasteiger partial charge >= 0.3 is 5.97 Å². The number of carbonyl (C=O) groups excluding carboxylic acids is 2. The molecule has 30 heavy (non-hydrogen) atoms. The lowest BCUT2D eigenvalue weighted by molar-refractivity contribution is -0.150. The number of ether oxygens (including phenoxy) is 1. The van der Waals surface area contributed by atoms with Crippen molar-refractivity contribution in [3.63, 3.8) is 0 Å². The largest absolute Gasteiger partial charge is 0.469 e. The van der Waals surface area contributed by atoms with Gasteiger partial charge in [0.25, 0.3) is 0 Å². The summed E-state index contributed by atoms with van der Waals surface area (Å²) in [5, 5.41) is 4.07. The second kappa shape index (κ2) is 9.38. The van der Waals surface area contributed by atoms with E-state index in [-0.39, 0.29) is 23.7 Å². The third-order valence-corrected chi connectivity index (χ3v) is 6.14. The van der Waals surface area contributed by atoms with E-state index < -0.39 is 0 Å². The summed E-state index contributed by atoms with van der Waals surface area (Å²) in [5.74, 6) is 1.25. The maximum absolute atomic E-state index is 12.9. The predicted molar refractivity (Wildman–Crippen MR) is 109 cm³/mol. The van der Waals surface area contributed by atoms with Crippen molar-refractivity contribution < 1.29 is 18.8 Å². The van der Waals surface area contributed by atoms with Crippen molar-refractivity contribution >= 4 is 11.9 Å². The number of hydrogen-bond acceptors (Lipinski definition) is 7. The molecule has 2 saturated heterocycles. The smallest absolute Gasteiger partial charge is 0.308 e. The summed E-state index contributed by atoms with van der Waals surface area (Å²) < 4.78 is 10.2. The number of piperidine rings is 2. The van der Waals surface area contributed by atoms with Gasteiger partial charge in [-0.05, 0) is 38.8 Å². The number of likely N-dealkylation sites (tertiary alicyclic amines) is 2. The van der Waals surface area contributed by atoms with Gasteiger partial charge in [-0.1, -0.05) is 35.5 Å². The van der Waals surface area contributed by atoms with Crippen LogP contribution in [0.4, 0.5) is 0 Å². The fourth-order valence-electron chi connectivity index (χ4n) is 4.31. The summed E-state index contributed by atoms with van der Waals surface area (Å²) in [5.41, 5.74) is 0.938. The van der Waals surface area contributed by atoms with Crippen LogP contribution in [-0.2, 0) is 20.9 Å². The second-order valence-corrected chi connectivity index (χ2v) is 8.05. The minimum absolute atomic E-state index is 0.0542. The average Bonchev–Trinajstić information content (AvgIpc) is 3.28. The zero-order chi connectivity index (χ0) is 20.9. The molecule has 2 aliphatic rings. The Hall–Kier alpha value is -2.74. The lowest BCUT2D eigenvalue weighted by Gasteiger charge is -2.36. The third-order valence-electron chi connectivity index (χ3n) is 6.14. The molecule has 8 heteroatoms. The molecule has 8 nitrogen and oxygen atoms in total. The van der Waals surface area contributed by atoms with E-state index in [4.69, 9.17) is 9.26 Å². The zero-order valence-electron chi connectivity index (χ0n) is 17.3.